The normalized spacial score (nSPS) is 12.4. The second-order valence-corrected chi connectivity index (χ2v) is 14.7. The Morgan fingerprint density at radius 2 is 1.09 bits per heavy atom. The predicted octanol–water partition coefficient (Wildman–Crippen LogP) is 10.9. The molecule has 6 aromatic rings. The fraction of sp³-hybridized carbons (Fsp3) is 0.250. The zero-order valence-electron chi connectivity index (χ0n) is 27.0. The van der Waals surface area contributed by atoms with E-state index in [1.165, 1.54) is 0 Å². The standard InChI is InChI=1S/C40H38Br2N2O3/c1-24(2)38-36(30-9-5-7-11-33(30)43(38)22-26-13-17-28(41)18-14-26)32(40(46)47)21-35(45)37-31-10-6-8-12-34(31)44(39(37)25(3)4)23-27-15-19-29(42)20-16-27/h5-20,24-25,32H,21-23H2,1-4H3,(H,46,47). The SMILES string of the molecule is CC(C)c1c(C(=O)CC(C(=O)O)c2c(C(C)C)n(Cc3ccc(Br)cc3)c3ccccc23)c2ccccc2n1Cc1ccc(Br)cc1. The van der Waals surface area contributed by atoms with Crippen LogP contribution in [0.5, 0.6) is 0 Å². The molecule has 4 aromatic carbocycles. The summed E-state index contributed by atoms with van der Waals surface area (Å²) in [6.07, 6.45) is -0.132. The van der Waals surface area contributed by atoms with Crippen molar-refractivity contribution in [3.8, 4) is 0 Å². The van der Waals surface area contributed by atoms with Crippen molar-refractivity contribution >= 4 is 65.4 Å². The van der Waals surface area contributed by atoms with Crippen LogP contribution in [0.4, 0.5) is 0 Å². The molecule has 0 aliphatic carbocycles. The Kier molecular flexibility index (Phi) is 9.58. The summed E-state index contributed by atoms with van der Waals surface area (Å²) in [7, 11) is 0. The molecule has 0 aliphatic rings. The molecule has 47 heavy (non-hydrogen) atoms. The second kappa shape index (κ2) is 13.7. The van der Waals surface area contributed by atoms with E-state index in [4.69, 9.17) is 0 Å². The molecule has 7 heteroatoms. The summed E-state index contributed by atoms with van der Waals surface area (Å²) in [6.45, 7) is 9.61. The number of Topliss-reactive ketones (excluding diaryl/α,β-unsaturated/α-hetero) is 1. The highest BCUT2D eigenvalue weighted by Crippen LogP contribution is 2.41. The summed E-state index contributed by atoms with van der Waals surface area (Å²) in [6, 6.07) is 32.4. The van der Waals surface area contributed by atoms with Crippen LogP contribution in [0.2, 0.25) is 0 Å². The van der Waals surface area contributed by atoms with Gasteiger partial charge in [-0.2, -0.15) is 0 Å². The van der Waals surface area contributed by atoms with E-state index in [-0.39, 0.29) is 24.0 Å². The molecule has 0 spiro atoms. The van der Waals surface area contributed by atoms with Gasteiger partial charge >= 0.3 is 5.97 Å². The molecule has 1 unspecified atom stereocenters. The molecule has 5 nitrogen and oxygen atoms in total. The Balaban J connectivity index is 1.48. The van der Waals surface area contributed by atoms with E-state index in [2.05, 4.69) is 105 Å². The minimum absolute atomic E-state index is 0.0313. The van der Waals surface area contributed by atoms with Gasteiger partial charge in [0.2, 0.25) is 0 Å². The number of ketones is 1. The maximum Gasteiger partial charge on any atom is 0.311 e. The minimum atomic E-state index is -1.01. The average Bonchev–Trinajstić information content (AvgIpc) is 3.55. The van der Waals surface area contributed by atoms with Crippen LogP contribution >= 0.6 is 31.9 Å². The Morgan fingerprint density at radius 1 is 0.638 bits per heavy atom. The van der Waals surface area contributed by atoms with E-state index in [1.807, 2.05) is 60.7 Å². The van der Waals surface area contributed by atoms with Gasteiger partial charge in [-0.15, -0.1) is 0 Å². The van der Waals surface area contributed by atoms with Gasteiger partial charge in [0.1, 0.15) is 0 Å². The van der Waals surface area contributed by atoms with Crippen LogP contribution in [0, 0.1) is 0 Å². The number of benzene rings is 4. The number of carboxylic acid groups (broad SMARTS) is 1. The topological polar surface area (TPSA) is 64.2 Å². The molecule has 0 radical (unpaired) electrons. The van der Waals surface area contributed by atoms with Crippen LogP contribution in [0.15, 0.2) is 106 Å². The molecule has 2 aromatic heterocycles. The van der Waals surface area contributed by atoms with E-state index >= 15 is 0 Å². The summed E-state index contributed by atoms with van der Waals surface area (Å²) in [4.78, 5) is 27.9. The lowest BCUT2D eigenvalue weighted by Crippen LogP contribution is -2.20. The second-order valence-electron chi connectivity index (χ2n) is 12.8. The number of para-hydroxylation sites is 2. The van der Waals surface area contributed by atoms with Gasteiger partial charge in [0.05, 0.1) is 5.92 Å². The van der Waals surface area contributed by atoms with Crippen LogP contribution < -0.4 is 0 Å². The first-order valence-electron chi connectivity index (χ1n) is 16.0. The van der Waals surface area contributed by atoms with Gasteiger partial charge in [0, 0.05) is 67.2 Å². The van der Waals surface area contributed by atoms with Crippen molar-refractivity contribution in [1.29, 1.82) is 0 Å². The summed E-state index contributed by atoms with van der Waals surface area (Å²) in [5.41, 5.74) is 7.44. The van der Waals surface area contributed by atoms with Gasteiger partial charge in [-0.25, -0.2) is 0 Å². The van der Waals surface area contributed by atoms with Crippen molar-refractivity contribution in [2.24, 2.45) is 0 Å². The van der Waals surface area contributed by atoms with E-state index in [0.717, 1.165) is 58.8 Å². The first-order valence-corrected chi connectivity index (χ1v) is 17.6. The van der Waals surface area contributed by atoms with Crippen LogP contribution in [-0.2, 0) is 17.9 Å². The maximum absolute atomic E-state index is 14.6. The van der Waals surface area contributed by atoms with Crippen LogP contribution in [-0.4, -0.2) is 26.0 Å². The molecule has 1 N–H and O–H groups in total. The lowest BCUT2D eigenvalue weighted by molar-refractivity contribution is -0.138. The van der Waals surface area contributed by atoms with Crippen LogP contribution in [0.3, 0.4) is 0 Å². The van der Waals surface area contributed by atoms with Crippen molar-refractivity contribution in [2.45, 2.75) is 65.0 Å². The number of nitrogens with zero attached hydrogens (tertiary/aromatic N) is 2. The van der Waals surface area contributed by atoms with Crippen molar-refractivity contribution in [3.63, 3.8) is 0 Å². The largest absolute Gasteiger partial charge is 0.481 e. The Bertz CT molecular complexity index is 2090. The number of aliphatic carboxylic acids is 1. The number of hydrogen-bond acceptors (Lipinski definition) is 2. The number of carbonyl (C=O) groups is 2. The van der Waals surface area contributed by atoms with E-state index in [0.29, 0.717) is 18.7 Å². The fourth-order valence-corrected chi connectivity index (χ4v) is 7.57. The molecule has 6 rings (SSSR count). The highest BCUT2D eigenvalue weighted by molar-refractivity contribution is 9.10. The van der Waals surface area contributed by atoms with Gasteiger partial charge in [-0.05, 0) is 64.9 Å². The smallest absolute Gasteiger partial charge is 0.311 e. The predicted molar refractivity (Wildman–Crippen MR) is 198 cm³/mol. The quantitative estimate of drug-likeness (QED) is 0.134. The highest BCUT2D eigenvalue weighted by atomic mass is 79.9. The summed E-state index contributed by atoms with van der Waals surface area (Å²) in [5, 5.41) is 12.6. The van der Waals surface area contributed by atoms with Crippen molar-refractivity contribution < 1.29 is 14.7 Å². The number of fused-ring (bicyclic) bond motifs is 2. The van der Waals surface area contributed by atoms with Crippen LogP contribution in [0.1, 0.15) is 90.3 Å². The number of carboxylic acids is 1. The Morgan fingerprint density at radius 3 is 1.57 bits per heavy atom. The van der Waals surface area contributed by atoms with E-state index < -0.39 is 11.9 Å². The lowest BCUT2D eigenvalue weighted by Gasteiger charge is -2.20. The molecular weight excluding hydrogens is 716 g/mol. The third-order valence-corrected chi connectivity index (χ3v) is 10.0. The van der Waals surface area contributed by atoms with E-state index in [1.54, 1.807) is 0 Å². The number of carbonyl (C=O) groups excluding carboxylic acids is 1. The van der Waals surface area contributed by atoms with Crippen molar-refractivity contribution in [3.05, 3.63) is 140 Å². The highest BCUT2D eigenvalue weighted by Gasteiger charge is 2.34. The zero-order valence-corrected chi connectivity index (χ0v) is 30.2. The molecule has 0 aliphatic heterocycles. The first-order chi connectivity index (χ1) is 22.5. The molecule has 0 amide bonds. The molecule has 0 bridgehead atoms. The summed E-state index contributed by atoms with van der Waals surface area (Å²) in [5.74, 6) is -2.07. The zero-order chi connectivity index (χ0) is 33.4. The molecule has 1 atom stereocenters. The first kappa shape index (κ1) is 33.0. The van der Waals surface area contributed by atoms with Crippen LogP contribution in [0.25, 0.3) is 21.8 Å². The summed E-state index contributed by atoms with van der Waals surface area (Å²) >= 11 is 7.06. The van der Waals surface area contributed by atoms with Gasteiger partial charge < -0.3 is 14.2 Å². The molecular formula is C40H38Br2N2O3. The Hall–Kier alpha value is -3.94. The number of hydrogen-bond donors (Lipinski definition) is 1. The van der Waals surface area contributed by atoms with Gasteiger partial charge in [-0.1, -0.05) is 120 Å². The monoisotopic (exact) mass is 752 g/mol. The molecule has 2 heterocycles. The van der Waals surface area contributed by atoms with Crippen molar-refractivity contribution in [2.75, 3.05) is 0 Å². The average molecular weight is 755 g/mol. The van der Waals surface area contributed by atoms with Crippen molar-refractivity contribution in [1.82, 2.24) is 9.13 Å². The van der Waals surface area contributed by atoms with Gasteiger partial charge in [-0.3, -0.25) is 9.59 Å². The molecule has 0 saturated carbocycles. The molecule has 0 saturated heterocycles. The third-order valence-electron chi connectivity index (χ3n) is 8.98. The molecule has 0 fully saturated rings. The Labute approximate surface area is 292 Å². The number of rotatable bonds is 11. The van der Waals surface area contributed by atoms with Gasteiger partial charge in [0.25, 0.3) is 0 Å². The summed E-state index contributed by atoms with van der Waals surface area (Å²) < 4.78 is 6.49. The van der Waals surface area contributed by atoms with E-state index in [9.17, 15) is 14.7 Å². The number of halogens is 2. The third kappa shape index (κ3) is 6.48. The molecule has 240 valence electrons. The lowest BCUT2D eigenvalue weighted by atomic mass is 9.86. The minimum Gasteiger partial charge on any atom is -0.481 e. The number of aromatic nitrogens is 2. The van der Waals surface area contributed by atoms with Gasteiger partial charge in [0.15, 0.2) is 5.78 Å². The fourth-order valence-electron chi connectivity index (χ4n) is 7.04. The maximum atomic E-state index is 14.6.